The molecule has 35 heavy (non-hydrogen) atoms. The number of aliphatic carboxylic acids is 1. The maximum absolute atomic E-state index is 15.3. The largest absolute Gasteiger partial charge is 0.489 e. The van der Waals surface area contributed by atoms with Crippen LogP contribution in [0, 0.1) is 11.7 Å². The molecule has 1 fully saturated rings. The summed E-state index contributed by atoms with van der Waals surface area (Å²) < 4.78 is 21.4. The van der Waals surface area contributed by atoms with E-state index in [0.717, 1.165) is 23.4 Å². The zero-order valence-corrected chi connectivity index (χ0v) is 20.1. The summed E-state index contributed by atoms with van der Waals surface area (Å²) in [5.74, 6) is -0.0367. The molecule has 5 nitrogen and oxygen atoms in total. The molecule has 4 N–H and O–H groups in total. The Kier molecular flexibility index (Phi) is 8.03. The zero-order valence-electron chi connectivity index (χ0n) is 20.1. The van der Waals surface area contributed by atoms with Gasteiger partial charge in [0.2, 0.25) is 0 Å². The number of nitrogens with one attached hydrogen (secondary N) is 1. The van der Waals surface area contributed by atoms with E-state index in [4.69, 9.17) is 10.5 Å². The van der Waals surface area contributed by atoms with E-state index in [1.807, 2.05) is 30.3 Å². The SMILES string of the molecule is C[C@@H](N)c1cccc(-c2cc(COc3ccccc3CC(=O)O)cc(NCC3CCCC3)c2)c1F. The van der Waals surface area contributed by atoms with Gasteiger partial charge in [0.1, 0.15) is 18.2 Å². The van der Waals surface area contributed by atoms with Gasteiger partial charge in [-0.3, -0.25) is 4.79 Å². The van der Waals surface area contributed by atoms with Gasteiger partial charge >= 0.3 is 5.97 Å². The molecular formula is C29H33FN2O3. The predicted molar refractivity (Wildman–Crippen MR) is 137 cm³/mol. The molecule has 1 aliphatic carbocycles. The lowest BCUT2D eigenvalue weighted by atomic mass is 9.97. The zero-order chi connectivity index (χ0) is 24.8. The second kappa shape index (κ2) is 11.4. The average Bonchev–Trinajstić information content (AvgIpc) is 3.35. The van der Waals surface area contributed by atoms with Gasteiger partial charge in [0.05, 0.1) is 6.42 Å². The topological polar surface area (TPSA) is 84.6 Å². The third kappa shape index (κ3) is 6.40. The highest BCUT2D eigenvalue weighted by Gasteiger charge is 2.17. The molecule has 4 rings (SSSR count). The molecule has 1 saturated carbocycles. The van der Waals surface area contributed by atoms with Gasteiger partial charge < -0.3 is 20.9 Å². The predicted octanol–water partition coefficient (Wildman–Crippen LogP) is 6.32. The molecular weight excluding hydrogens is 443 g/mol. The van der Waals surface area contributed by atoms with Gasteiger partial charge in [0, 0.05) is 35.0 Å². The van der Waals surface area contributed by atoms with Crippen LogP contribution in [0.5, 0.6) is 5.75 Å². The van der Waals surface area contributed by atoms with Crippen molar-refractivity contribution in [1.82, 2.24) is 0 Å². The standard InChI is InChI=1S/C29H33FN2O3/c1-19(31)25-10-6-11-26(29(25)30)23-13-21(14-24(15-23)32-17-20-7-2-3-8-20)18-35-27-12-5-4-9-22(27)16-28(33)34/h4-6,9-15,19-20,32H,2-3,7-8,16-18,31H2,1H3,(H,33,34)/t19-/m1/s1. The minimum absolute atomic E-state index is 0.111. The first kappa shape index (κ1) is 24.7. The molecule has 0 amide bonds. The van der Waals surface area contributed by atoms with E-state index in [1.54, 1.807) is 37.3 Å². The molecule has 0 radical (unpaired) electrons. The van der Waals surface area contributed by atoms with Crippen molar-refractivity contribution < 1.29 is 19.0 Å². The summed E-state index contributed by atoms with van der Waals surface area (Å²) >= 11 is 0. The van der Waals surface area contributed by atoms with Crippen LogP contribution in [0.2, 0.25) is 0 Å². The van der Waals surface area contributed by atoms with Crippen LogP contribution in [0.3, 0.4) is 0 Å². The first-order valence-corrected chi connectivity index (χ1v) is 12.3. The van der Waals surface area contributed by atoms with Crippen LogP contribution in [-0.4, -0.2) is 17.6 Å². The van der Waals surface area contributed by atoms with Gasteiger partial charge in [-0.2, -0.15) is 0 Å². The summed E-state index contributed by atoms with van der Waals surface area (Å²) in [7, 11) is 0. The minimum atomic E-state index is -0.911. The molecule has 0 saturated heterocycles. The van der Waals surface area contributed by atoms with Crippen LogP contribution in [0.1, 0.15) is 55.3 Å². The molecule has 0 aromatic heterocycles. The maximum atomic E-state index is 15.3. The van der Waals surface area contributed by atoms with Crippen LogP contribution < -0.4 is 15.8 Å². The van der Waals surface area contributed by atoms with Gasteiger partial charge in [-0.05, 0) is 61.1 Å². The van der Waals surface area contributed by atoms with Crippen molar-refractivity contribution in [3.05, 3.63) is 83.2 Å². The quantitative estimate of drug-likeness (QED) is 0.319. The Morgan fingerprint density at radius 3 is 2.66 bits per heavy atom. The Labute approximate surface area is 206 Å². The van der Waals surface area contributed by atoms with Gasteiger partial charge in [-0.25, -0.2) is 4.39 Å². The van der Waals surface area contributed by atoms with Crippen molar-refractivity contribution in [3.8, 4) is 16.9 Å². The fraction of sp³-hybridized carbons (Fsp3) is 0.345. The number of rotatable bonds is 10. The number of hydrogen-bond donors (Lipinski definition) is 3. The Bertz CT molecular complexity index is 1170. The van der Waals surface area contributed by atoms with E-state index in [1.165, 1.54) is 25.7 Å². The number of nitrogens with two attached hydrogens (primary N) is 1. The number of hydrogen-bond acceptors (Lipinski definition) is 4. The van der Waals surface area contributed by atoms with Crippen LogP contribution in [0.4, 0.5) is 10.1 Å². The molecule has 3 aromatic rings. The van der Waals surface area contributed by atoms with Crippen molar-refractivity contribution in [2.45, 2.75) is 51.7 Å². The van der Waals surface area contributed by atoms with E-state index >= 15 is 4.39 Å². The summed E-state index contributed by atoms with van der Waals surface area (Å²) in [5, 5.41) is 12.8. The normalized spacial score (nSPS) is 14.6. The van der Waals surface area contributed by atoms with Crippen LogP contribution in [0.15, 0.2) is 60.7 Å². The highest BCUT2D eigenvalue weighted by atomic mass is 19.1. The van der Waals surface area contributed by atoms with Gasteiger partial charge in [-0.1, -0.05) is 49.2 Å². The summed E-state index contributed by atoms with van der Waals surface area (Å²) in [4.78, 5) is 11.2. The highest BCUT2D eigenvalue weighted by Crippen LogP contribution is 2.32. The number of carboxylic acid groups (broad SMARTS) is 1. The molecule has 0 aliphatic heterocycles. The van der Waals surface area contributed by atoms with Crippen LogP contribution in [0.25, 0.3) is 11.1 Å². The molecule has 1 atom stereocenters. The average molecular weight is 477 g/mol. The van der Waals surface area contributed by atoms with E-state index < -0.39 is 12.0 Å². The summed E-state index contributed by atoms with van der Waals surface area (Å²) in [6, 6.07) is 18.0. The number of carboxylic acids is 1. The fourth-order valence-electron chi connectivity index (χ4n) is 4.75. The summed E-state index contributed by atoms with van der Waals surface area (Å²) in [6.45, 7) is 2.89. The van der Waals surface area contributed by atoms with Crippen molar-refractivity contribution in [2.24, 2.45) is 11.7 Å². The monoisotopic (exact) mass is 476 g/mol. The van der Waals surface area contributed by atoms with Crippen molar-refractivity contribution >= 4 is 11.7 Å². The Balaban J connectivity index is 1.63. The molecule has 6 heteroatoms. The molecule has 1 aliphatic rings. The van der Waals surface area contributed by atoms with E-state index in [-0.39, 0.29) is 18.8 Å². The fourth-order valence-corrected chi connectivity index (χ4v) is 4.75. The number of ether oxygens (including phenoxy) is 1. The molecule has 3 aromatic carbocycles. The van der Waals surface area contributed by atoms with E-state index in [2.05, 4.69) is 5.32 Å². The number of halogens is 1. The number of carbonyl (C=O) groups is 1. The highest BCUT2D eigenvalue weighted by molar-refractivity contribution is 5.72. The first-order valence-electron chi connectivity index (χ1n) is 12.3. The van der Waals surface area contributed by atoms with Gasteiger partial charge in [0.15, 0.2) is 0 Å². The third-order valence-corrected chi connectivity index (χ3v) is 6.60. The number of benzene rings is 3. The maximum Gasteiger partial charge on any atom is 0.307 e. The van der Waals surface area contributed by atoms with Crippen molar-refractivity contribution in [2.75, 3.05) is 11.9 Å². The van der Waals surface area contributed by atoms with Gasteiger partial charge in [0.25, 0.3) is 0 Å². The Hall–Kier alpha value is -3.38. The Morgan fingerprint density at radius 2 is 1.91 bits per heavy atom. The van der Waals surface area contributed by atoms with Crippen LogP contribution >= 0.6 is 0 Å². The van der Waals surface area contributed by atoms with E-state index in [0.29, 0.717) is 28.4 Å². The first-order chi connectivity index (χ1) is 16.9. The van der Waals surface area contributed by atoms with E-state index in [9.17, 15) is 9.90 Å². The smallest absolute Gasteiger partial charge is 0.307 e. The molecule has 0 bridgehead atoms. The third-order valence-electron chi connectivity index (χ3n) is 6.60. The van der Waals surface area contributed by atoms with Crippen LogP contribution in [-0.2, 0) is 17.8 Å². The molecule has 0 spiro atoms. The number of anilines is 1. The molecule has 0 heterocycles. The molecule has 184 valence electrons. The van der Waals surface area contributed by atoms with Gasteiger partial charge in [-0.15, -0.1) is 0 Å². The lowest BCUT2D eigenvalue weighted by Crippen LogP contribution is -2.11. The molecule has 0 unspecified atom stereocenters. The lowest BCUT2D eigenvalue weighted by molar-refractivity contribution is -0.136. The second-order valence-electron chi connectivity index (χ2n) is 9.41. The summed E-state index contributed by atoms with van der Waals surface area (Å²) in [6.07, 6.45) is 4.90. The Morgan fingerprint density at radius 1 is 1.14 bits per heavy atom. The second-order valence-corrected chi connectivity index (χ2v) is 9.41. The minimum Gasteiger partial charge on any atom is -0.489 e. The van der Waals surface area contributed by atoms with Crippen molar-refractivity contribution in [1.29, 1.82) is 0 Å². The summed E-state index contributed by atoms with van der Waals surface area (Å²) in [5.41, 5.74) is 10.1. The lowest BCUT2D eigenvalue weighted by Gasteiger charge is -2.17. The van der Waals surface area contributed by atoms with Crippen molar-refractivity contribution in [3.63, 3.8) is 0 Å². The number of para-hydroxylation sites is 1.